The van der Waals surface area contributed by atoms with Crippen LogP contribution in [0.15, 0.2) is 59.6 Å². The van der Waals surface area contributed by atoms with Crippen LogP contribution < -0.4 is 15.0 Å². The first kappa shape index (κ1) is 20.6. The first-order chi connectivity index (χ1) is 14.8. The van der Waals surface area contributed by atoms with Gasteiger partial charge in [0.2, 0.25) is 0 Å². The molecule has 4 rings (SSSR count). The molecule has 2 aromatic carbocycles. The van der Waals surface area contributed by atoms with Gasteiger partial charge in [0.05, 0.1) is 12.8 Å². The van der Waals surface area contributed by atoms with Crippen LogP contribution in [0.1, 0.15) is 31.2 Å². The second-order valence-electron chi connectivity index (χ2n) is 8.31. The maximum atomic E-state index is 5.55. The topological polar surface area (TPSA) is 40.1 Å². The molecule has 160 valence electrons. The van der Waals surface area contributed by atoms with E-state index in [1.807, 2.05) is 12.1 Å². The van der Waals surface area contributed by atoms with Crippen LogP contribution in [0.4, 0.5) is 5.69 Å². The van der Waals surface area contributed by atoms with Crippen molar-refractivity contribution in [1.82, 2.24) is 10.2 Å². The highest BCUT2D eigenvalue weighted by Crippen LogP contribution is 2.32. The minimum atomic E-state index is 0.580. The molecular weight excluding hydrogens is 372 g/mol. The van der Waals surface area contributed by atoms with Gasteiger partial charge in [0.15, 0.2) is 5.96 Å². The largest absolute Gasteiger partial charge is 0.495 e. The SMILES string of the molecule is CCNC(=NCC1CCN(c2ccccc2OC)C1)N1CCC(c2ccccc2)C1. The fourth-order valence-corrected chi connectivity index (χ4v) is 4.68. The second kappa shape index (κ2) is 9.88. The van der Waals surface area contributed by atoms with Crippen LogP contribution in [0, 0.1) is 5.92 Å². The highest BCUT2D eigenvalue weighted by Gasteiger charge is 2.27. The molecule has 0 amide bonds. The Morgan fingerprint density at radius 1 is 1.03 bits per heavy atom. The van der Waals surface area contributed by atoms with E-state index in [1.54, 1.807) is 7.11 Å². The summed E-state index contributed by atoms with van der Waals surface area (Å²) in [7, 11) is 1.75. The molecule has 2 unspecified atom stereocenters. The standard InChI is InChI=1S/C25H34N4O/c1-3-26-25(29-16-14-22(19-29)21-9-5-4-6-10-21)27-17-20-13-15-28(18-20)23-11-7-8-12-24(23)30-2/h4-12,20,22H,3,13-19H2,1-2H3,(H,26,27). The normalized spacial score (nSPS) is 21.9. The number of nitrogens with one attached hydrogen (secondary N) is 1. The summed E-state index contributed by atoms with van der Waals surface area (Å²) in [6.45, 7) is 8.16. The predicted octanol–water partition coefficient (Wildman–Crippen LogP) is 3.98. The lowest BCUT2D eigenvalue weighted by Gasteiger charge is -2.23. The molecule has 2 fully saturated rings. The van der Waals surface area contributed by atoms with Gasteiger partial charge in [-0.1, -0.05) is 42.5 Å². The number of methoxy groups -OCH3 is 1. The Morgan fingerprint density at radius 2 is 1.83 bits per heavy atom. The number of benzene rings is 2. The quantitative estimate of drug-likeness (QED) is 0.582. The molecule has 0 saturated carbocycles. The van der Waals surface area contributed by atoms with Crippen LogP contribution >= 0.6 is 0 Å². The fraction of sp³-hybridized carbons (Fsp3) is 0.480. The lowest BCUT2D eigenvalue weighted by Crippen LogP contribution is -2.40. The number of nitrogens with zero attached hydrogens (tertiary/aromatic N) is 3. The molecule has 5 heteroatoms. The van der Waals surface area contributed by atoms with E-state index in [2.05, 4.69) is 64.5 Å². The molecule has 2 aromatic rings. The van der Waals surface area contributed by atoms with E-state index in [1.165, 1.54) is 24.1 Å². The molecule has 30 heavy (non-hydrogen) atoms. The lowest BCUT2D eigenvalue weighted by atomic mass is 9.99. The van der Waals surface area contributed by atoms with Crippen molar-refractivity contribution in [2.45, 2.75) is 25.7 Å². The van der Waals surface area contributed by atoms with Crippen LogP contribution in [-0.2, 0) is 0 Å². The Bertz CT molecular complexity index is 838. The van der Waals surface area contributed by atoms with Gasteiger partial charge < -0.3 is 19.9 Å². The van der Waals surface area contributed by atoms with Gasteiger partial charge in [-0.2, -0.15) is 0 Å². The Hall–Kier alpha value is -2.69. The Balaban J connectivity index is 1.37. The number of hydrogen-bond donors (Lipinski definition) is 1. The van der Waals surface area contributed by atoms with Gasteiger partial charge in [0, 0.05) is 45.2 Å². The zero-order valence-corrected chi connectivity index (χ0v) is 18.3. The smallest absolute Gasteiger partial charge is 0.193 e. The maximum absolute atomic E-state index is 5.55. The number of guanidine groups is 1. The van der Waals surface area contributed by atoms with Crippen LogP contribution in [-0.4, -0.2) is 57.2 Å². The maximum Gasteiger partial charge on any atom is 0.193 e. The van der Waals surface area contributed by atoms with E-state index in [0.717, 1.165) is 51.0 Å². The molecule has 0 radical (unpaired) electrons. The lowest BCUT2D eigenvalue weighted by molar-refractivity contribution is 0.414. The van der Waals surface area contributed by atoms with Crippen molar-refractivity contribution in [3.8, 4) is 5.75 Å². The van der Waals surface area contributed by atoms with Gasteiger partial charge in [0.25, 0.3) is 0 Å². The molecule has 2 atom stereocenters. The zero-order chi connectivity index (χ0) is 20.8. The zero-order valence-electron chi connectivity index (χ0n) is 18.3. The summed E-state index contributed by atoms with van der Waals surface area (Å²) < 4.78 is 5.55. The number of para-hydroxylation sites is 2. The number of likely N-dealkylation sites (tertiary alicyclic amines) is 1. The number of hydrogen-bond acceptors (Lipinski definition) is 3. The molecule has 2 aliphatic rings. The average Bonchev–Trinajstić information content (AvgIpc) is 3.47. The molecule has 0 aliphatic carbocycles. The Kier molecular flexibility index (Phi) is 6.77. The van der Waals surface area contributed by atoms with Crippen LogP contribution in [0.5, 0.6) is 5.75 Å². The van der Waals surface area contributed by atoms with Gasteiger partial charge in [-0.05, 0) is 43.4 Å². The fourth-order valence-electron chi connectivity index (χ4n) is 4.68. The molecule has 2 heterocycles. The van der Waals surface area contributed by atoms with Gasteiger partial charge in [-0.25, -0.2) is 0 Å². The minimum absolute atomic E-state index is 0.580. The highest BCUT2D eigenvalue weighted by atomic mass is 16.5. The summed E-state index contributed by atoms with van der Waals surface area (Å²) >= 11 is 0. The summed E-state index contributed by atoms with van der Waals surface area (Å²) in [5, 5.41) is 3.52. The van der Waals surface area contributed by atoms with Crippen molar-refractivity contribution in [3.05, 3.63) is 60.2 Å². The first-order valence-corrected chi connectivity index (χ1v) is 11.2. The van der Waals surface area contributed by atoms with E-state index in [9.17, 15) is 0 Å². The van der Waals surface area contributed by atoms with Crippen molar-refractivity contribution in [3.63, 3.8) is 0 Å². The molecule has 2 saturated heterocycles. The van der Waals surface area contributed by atoms with Crippen LogP contribution in [0.3, 0.4) is 0 Å². The van der Waals surface area contributed by atoms with E-state index in [-0.39, 0.29) is 0 Å². The summed E-state index contributed by atoms with van der Waals surface area (Å²) in [5.41, 5.74) is 2.64. The number of ether oxygens (including phenoxy) is 1. The van der Waals surface area contributed by atoms with Crippen molar-refractivity contribution < 1.29 is 4.74 Å². The summed E-state index contributed by atoms with van der Waals surface area (Å²) in [6, 6.07) is 19.2. The van der Waals surface area contributed by atoms with E-state index in [4.69, 9.17) is 9.73 Å². The van der Waals surface area contributed by atoms with Crippen molar-refractivity contribution in [1.29, 1.82) is 0 Å². The van der Waals surface area contributed by atoms with E-state index >= 15 is 0 Å². The Morgan fingerprint density at radius 3 is 2.63 bits per heavy atom. The molecule has 0 bridgehead atoms. The predicted molar refractivity (Wildman–Crippen MR) is 125 cm³/mol. The summed E-state index contributed by atoms with van der Waals surface area (Å²) in [5.74, 6) is 3.21. The molecule has 1 N–H and O–H groups in total. The second-order valence-corrected chi connectivity index (χ2v) is 8.31. The molecular formula is C25H34N4O. The monoisotopic (exact) mass is 406 g/mol. The summed E-state index contributed by atoms with van der Waals surface area (Å²) in [6.07, 6.45) is 2.37. The summed E-state index contributed by atoms with van der Waals surface area (Å²) in [4.78, 5) is 9.93. The van der Waals surface area contributed by atoms with Gasteiger partial charge >= 0.3 is 0 Å². The highest BCUT2D eigenvalue weighted by molar-refractivity contribution is 5.80. The van der Waals surface area contributed by atoms with Crippen molar-refractivity contribution >= 4 is 11.6 Å². The Labute approximate surface area is 180 Å². The first-order valence-electron chi connectivity index (χ1n) is 11.2. The average molecular weight is 407 g/mol. The van der Waals surface area contributed by atoms with Gasteiger partial charge in [-0.3, -0.25) is 4.99 Å². The third-order valence-corrected chi connectivity index (χ3v) is 6.30. The van der Waals surface area contributed by atoms with Crippen LogP contribution in [0.2, 0.25) is 0 Å². The number of anilines is 1. The third-order valence-electron chi connectivity index (χ3n) is 6.30. The minimum Gasteiger partial charge on any atom is -0.495 e. The van der Waals surface area contributed by atoms with Gasteiger partial charge in [0.1, 0.15) is 5.75 Å². The third kappa shape index (κ3) is 4.72. The molecule has 0 aromatic heterocycles. The van der Waals surface area contributed by atoms with E-state index < -0.39 is 0 Å². The van der Waals surface area contributed by atoms with Gasteiger partial charge in [-0.15, -0.1) is 0 Å². The number of aliphatic imine (C=N–C) groups is 1. The molecule has 5 nitrogen and oxygen atoms in total. The van der Waals surface area contributed by atoms with Crippen molar-refractivity contribution in [2.24, 2.45) is 10.9 Å². The molecule has 0 spiro atoms. The number of rotatable bonds is 6. The van der Waals surface area contributed by atoms with Crippen LogP contribution in [0.25, 0.3) is 0 Å². The van der Waals surface area contributed by atoms with Crippen molar-refractivity contribution in [2.75, 3.05) is 51.3 Å². The molecule has 2 aliphatic heterocycles. The van der Waals surface area contributed by atoms with E-state index in [0.29, 0.717) is 11.8 Å².